The molecule has 0 radical (unpaired) electrons. The molecular weight excluding hydrogens is 442 g/mol. The molecule has 1 heterocycles. The molecule has 0 unspecified atom stereocenters. The van der Waals surface area contributed by atoms with Gasteiger partial charge in [-0.3, -0.25) is 13.9 Å². The molecule has 0 aliphatic carbocycles. The summed E-state index contributed by atoms with van der Waals surface area (Å²) in [5.74, 6) is -0.874. The highest BCUT2D eigenvalue weighted by atomic mass is 32.2. The van der Waals surface area contributed by atoms with Crippen molar-refractivity contribution in [1.82, 2.24) is 5.32 Å². The molecule has 2 aromatic carbocycles. The number of ether oxygens (including phenoxy) is 1. The molecule has 0 spiro atoms. The Morgan fingerprint density at radius 3 is 2.52 bits per heavy atom. The predicted octanol–water partition coefficient (Wildman–Crippen LogP) is 3.01. The molecular formula is C24H31N3O5S. The summed E-state index contributed by atoms with van der Waals surface area (Å²) in [7, 11) is -3.75. The average molecular weight is 474 g/mol. The predicted molar refractivity (Wildman–Crippen MR) is 129 cm³/mol. The minimum absolute atomic E-state index is 0.00277. The maximum absolute atomic E-state index is 13.1. The van der Waals surface area contributed by atoms with Crippen molar-refractivity contribution in [3.05, 3.63) is 59.2 Å². The Bertz CT molecular complexity index is 1130. The topological polar surface area (TPSA) is 105 Å². The van der Waals surface area contributed by atoms with Crippen molar-refractivity contribution in [1.29, 1.82) is 0 Å². The van der Waals surface area contributed by atoms with Gasteiger partial charge in [0, 0.05) is 13.2 Å². The largest absolute Gasteiger partial charge is 0.376 e. The van der Waals surface area contributed by atoms with E-state index in [1.807, 2.05) is 19.9 Å². The Hall–Kier alpha value is -2.91. The summed E-state index contributed by atoms with van der Waals surface area (Å²) >= 11 is 0. The Kier molecular flexibility index (Phi) is 7.76. The van der Waals surface area contributed by atoms with E-state index in [1.165, 1.54) is 6.92 Å². The summed E-state index contributed by atoms with van der Waals surface area (Å²) < 4.78 is 31.8. The number of anilines is 2. The molecule has 0 aromatic heterocycles. The molecule has 9 heteroatoms. The molecule has 3 rings (SSSR count). The second-order valence-corrected chi connectivity index (χ2v) is 10.2. The van der Waals surface area contributed by atoms with E-state index in [1.54, 1.807) is 36.4 Å². The number of rotatable bonds is 8. The number of sulfonamides is 1. The third-order valence-electron chi connectivity index (χ3n) is 5.78. The Balaban J connectivity index is 1.79. The van der Waals surface area contributed by atoms with E-state index in [-0.39, 0.29) is 12.0 Å². The molecule has 2 atom stereocenters. The van der Waals surface area contributed by atoms with E-state index in [0.29, 0.717) is 30.1 Å². The van der Waals surface area contributed by atoms with Gasteiger partial charge in [-0.2, -0.15) is 0 Å². The highest BCUT2D eigenvalue weighted by Gasteiger charge is 2.30. The molecule has 0 bridgehead atoms. The maximum Gasteiger partial charge on any atom is 0.253 e. The summed E-state index contributed by atoms with van der Waals surface area (Å²) in [6.45, 7) is 6.43. The van der Waals surface area contributed by atoms with Crippen molar-refractivity contribution < 1.29 is 22.7 Å². The molecule has 8 nitrogen and oxygen atoms in total. The second-order valence-electron chi connectivity index (χ2n) is 8.38. The Morgan fingerprint density at radius 1 is 1.15 bits per heavy atom. The summed E-state index contributed by atoms with van der Waals surface area (Å²) in [4.78, 5) is 25.8. The summed E-state index contributed by atoms with van der Waals surface area (Å²) in [6, 6.07) is 10.8. The van der Waals surface area contributed by atoms with Crippen LogP contribution >= 0.6 is 0 Å². The zero-order chi connectivity index (χ0) is 24.2. The van der Waals surface area contributed by atoms with Crippen LogP contribution in [0.15, 0.2) is 42.5 Å². The number of carbonyl (C=O) groups excluding carboxylic acids is 2. The number of hydrogen-bond acceptors (Lipinski definition) is 5. The molecule has 1 fully saturated rings. The standard InChI is InChI=1S/C24H31N3O5S/c1-16-11-12-19(14-17(16)2)27(33(4,30)31)18(3)23(28)26-22-10-6-5-9-21(22)24(29)25-15-20-8-7-13-32-20/h5-6,9-12,14,18,20H,7-8,13,15H2,1-4H3,(H,25,29)(H,26,28)/t18-,20+/m1/s1. The van der Waals surface area contributed by atoms with Crippen molar-refractivity contribution in [2.75, 3.05) is 29.0 Å². The van der Waals surface area contributed by atoms with Gasteiger partial charge in [0.25, 0.3) is 5.91 Å². The molecule has 1 saturated heterocycles. The number of nitrogens with one attached hydrogen (secondary N) is 2. The number of para-hydroxylation sites is 1. The fourth-order valence-corrected chi connectivity index (χ4v) is 4.97. The van der Waals surface area contributed by atoms with Gasteiger partial charge in [0.2, 0.25) is 15.9 Å². The molecule has 2 N–H and O–H groups in total. The van der Waals surface area contributed by atoms with E-state index in [2.05, 4.69) is 10.6 Å². The van der Waals surface area contributed by atoms with E-state index in [9.17, 15) is 18.0 Å². The minimum Gasteiger partial charge on any atom is -0.376 e. The van der Waals surface area contributed by atoms with E-state index in [0.717, 1.165) is 34.5 Å². The molecule has 2 amide bonds. The zero-order valence-corrected chi connectivity index (χ0v) is 20.2. The SMILES string of the molecule is Cc1ccc(N([C@H](C)C(=O)Nc2ccccc2C(=O)NC[C@@H]2CCCO2)S(C)(=O)=O)cc1C. The van der Waals surface area contributed by atoms with Gasteiger partial charge in [0.05, 0.1) is 29.3 Å². The molecule has 178 valence electrons. The molecule has 1 aliphatic rings. The van der Waals surface area contributed by atoms with Crippen LogP contribution in [0.25, 0.3) is 0 Å². The van der Waals surface area contributed by atoms with Gasteiger partial charge in [-0.05, 0) is 69.0 Å². The van der Waals surface area contributed by atoms with Crippen LogP contribution in [0.2, 0.25) is 0 Å². The van der Waals surface area contributed by atoms with Crippen LogP contribution in [-0.4, -0.2) is 51.8 Å². The third kappa shape index (κ3) is 6.11. The van der Waals surface area contributed by atoms with Crippen molar-refractivity contribution in [3.63, 3.8) is 0 Å². The smallest absolute Gasteiger partial charge is 0.253 e. The van der Waals surface area contributed by atoms with Gasteiger partial charge in [-0.1, -0.05) is 18.2 Å². The van der Waals surface area contributed by atoms with Crippen molar-refractivity contribution >= 4 is 33.2 Å². The lowest BCUT2D eigenvalue weighted by Gasteiger charge is -2.29. The highest BCUT2D eigenvalue weighted by Crippen LogP contribution is 2.25. The van der Waals surface area contributed by atoms with Crippen molar-refractivity contribution in [2.45, 2.75) is 45.8 Å². The number of nitrogens with zero attached hydrogens (tertiary/aromatic N) is 1. The first kappa shape index (κ1) is 24.7. The van der Waals surface area contributed by atoms with E-state index >= 15 is 0 Å². The summed E-state index contributed by atoms with van der Waals surface area (Å²) in [5.41, 5.74) is 2.96. The Morgan fingerprint density at radius 2 is 1.88 bits per heavy atom. The number of amides is 2. The van der Waals surface area contributed by atoms with E-state index in [4.69, 9.17) is 4.74 Å². The van der Waals surface area contributed by atoms with Crippen LogP contribution in [0.4, 0.5) is 11.4 Å². The lowest BCUT2D eigenvalue weighted by molar-refractivity contribution is -0.116. The number of benzene rings is 2. The number of carbonyl (C=O) groups is 2. The zero-order valence-electron chi connectivity index (χ0n) is 19.4. The van der Waals surface area contributed by atoms with Gasteiger partial charge >= 0.3 is 0 Å². The highest BCUT2D eigenvalue weighted by molar-refractivity contribution is 7.92. The van der Waals surface area contributed by atoms with Gasteiger partial charge < -0.3 is 15.4 Å². The molecule has 0 saturated carbocycles. The number of aryl methyl sites for hydroxylation is 2. The third-order valence-corrected chi connectivity index (χ3v) is 7.02. The van der Waals surface area contributed by atoms with Gasteiger partial charge in [-0.25, -0.2) is 8.42 Å². The summed E-state index contributed by atoms with van der Waals surface area (Å²) in [5, 5.41) is 5.58. The van der Waals surface area contributed by atoms with Crippen LogP contribution in [0.5, 0.6) is 0 Å². The fourth-order valence-electron chi connectivity index (χ4n) is 3.81. The van der Waals surface area contributed by atoms with E-state index < -0.39 is 22.0 Å². The molecule has 33 heavy (non-hydrogen) atoms. The van der Waals surface area contributed by atoms with Gasteiger partial charge in [0.1, 0.15) is 6.04 Å². The van der Waals surface area contributed by atoms with Gasteiger partial charge in [0.15, 0.2) is 0 Å². The average Bonchev–Trinajstić information content (AvgIpc) is 3.27. The fraction of sp³-hybridized carbons (Fsp3) is 0.417. The van der Waals surface area contributed by atoms with Crippen LogP contribution in [0.1, 0.15) is 41.3 Å². The first-order valence-electron chi connectivity index (χ1n) is 10.9. The lowest BCUT2D eigenvalue weighted by Crippen LogP contribution is -2.45. The van der Waals surface area contributed by atoms with Crippen LogP contribution in [0, 0.1) is 13.8 Å². The minimum atomic E-state index is -3.75. The van der Waals surface area contributed by atoms with Crippen LogP contribution < -0.4 is 14.9 Å². The lowest BCUT2D eigenvalue weighted by atomic mass is 10.1. The van der Waals surface area contributed by atoms with Crippen LogP contribution in [0.3, 0.4) is 0 Å². The summed E-state index contributed by atoms with van der Waals surface area (Å²) in [6.07, 6.45) is 2.94. The first-order chi connectivity index (χ1) is 15.6. The van der Waals surface area contributed by atoms with Gasteiger partial charge in [-0.15, -0.1) is 0 Å². The monoisotopic (exact) mass is 473 g/mol. The number of hydrogen-bond donors (Lipinski definition) is 2. The Labute approximate surface area is 195 Å². The molecule has 1 aliphatic heterocycles. The maximum atomic E-state index is 13.1. The molecule has 2 aromatic rings. The van der Waals surface area contributed by atoms with Crippen molar-refractivity contribution in [2.24, 2.45) is 0 Å². The first-order valence-corrected chi connectivity index (χ1v) is 12.8. The quantitative estimate of drug-likeness (QED) is 0.613. The van der Waals surface area contributed by atoms with Crippen molar-refractivity contribution in [3.8, 4) is 0 Å². The second kappa shape index (κ2) is 10.4. The normalized spacial score (nSPS) is 16.8. The van der Waals surface area contributed by atoms with Crippen LogP contribution in [-0.2, 0) is 19.6 Å².